The fourth-order valence-electron chi connectivity index (χ4n) is 2.32. The molecule has 1 heterocycles. The van der Waals surface area contributed by atoms with E-state index in [1.54, 1.807) is 0 Å². The van der Waals surface area contributed by atoms with Gasteiger partial charge < -0.3 is 15.4 Å². The molecule has 2 N–H and O–H groups in total. The molecular weight excluding hydrogens is 276 g/mol. The zero-order valence-electron chi connectivity index (χ0n) is 11.7. The molecule has 0 bridgehead atoms. The van der Waals surface area contributed by atoms with Gasteiger partial charge in [0.25, 0.3) is 0 Å². The molecule has 0 aliphatic carbocycles. The smallest absolute Gasteiger partial charge is 0.222 e. The molecule has 4 nitrogen and oxygen atoms in total. The molecule has 0 saturated carbocycles. The van der Waals surface area contributed by atoms with Crippen LogP contribution in [-0.2, 0) is 16.0 Å². The summed E-state index contributed by atoms with van der Waals surface area (Å²) in [4.78, 5) is 11.9. The number of hydrogen-bond acceptors (Lipinski definition) is 3. The second-order valence-corrected chi connectivity index (χ2v) is 5.64. The maximum absolute atomic E-state index is 11.9. The van der Waals surface area contributed by atoms with E-state index in [2.05, 4.69) is 10.6 Å². The van der Waals surface area contributed by atoms with Gasteiger partial charge in [-0.3, -0.25) is 4.79 Å². The van der Waals surface area contributed by atoms with E-state index in [-0.39, 0.29) is 18.1 Å². The van der Waals surface area contributed by atoms with Gasteiger partial charge in [0.2, 0.25) is 5.91 Å². The SMILES string of the molecule is CC(Cc1ccc(Cl)cc1)NC(=O)CC1CNCCO1. The highest BCUT2D eigenvalue weighted by molar-refractivity contribution is 6.30. The zero-order valence-corrected chi connectivity index (χ0v) is 12.5. The van der Waals surface area contributed by atoms with Gasteiger partial charge in [0.05, 0.1) is 19.1 Å². The summed E-state index contributed by atoms with van der Waals surface area (Å²) >= 11 is 5.85. The fraction of sp³-hybridized carbons (Fsp3) is 0.533. The van der Waals surface area contributed by atoms with Crippen molar-refractivity contribution in [3.05, 3.63) is 34.9 Å². The summed E-state index contributed by atoms with van der Waals surface area (Å²) < 4.78 is 5.52. The molecule has 2 unspecified atom stereocenters. The largest absolute Gasteiger partial charge is 0.375 e. The van der Waals surface area contributed by atoms with Crippen LogP contribution in [0.5, 0.6) is 0 Å². The summed E-state index contributed by atoms with van der Waals surface area (Å²) in [6.07, 6.45) is 1.21. The normalized spacial score (nSPS) is 20.4. The van der Waals surface area contributed by atoms with E-state index in [0.29, 0.717) is 13.0 Å². The molecule has 2 rings (SSSR count). The van der Waals surface area contributed by atoms with Crippen LogP contribution in [0.3, 0.4) is 0 Å². The van der Waals surface area contributed by atoms with Crippen LogP contribution in [-0.4, -0.2) is 37.7 Å². The summed E-state index contributed by atoms with van der Waals surface area (Å²) in [6.45, 7) is 4.30. The molecule has 0 radical (unpaired) electrons. The van der Waals surface area contributed by atoms with Gasteiger partial charge in [-0.25, -0.2) is 0 Å². The number of hydrogen-bond donors (Lipinski definition) is 2. The van der Waals surface area contributed by atoms with Crippen molar-refractivity contribution in [1.82, 2.24) is 10.6 Å². The van der Waals surface area contributed by atoms with Crippen molar-refractivity contribution in [2.75, 3.05) is 19.7 Å². The highest BCUT2D eigenvalue weighted by Gasteiger charge is 2.18. The lowest BCUT2D eigenvalue weighted by Crippen LogP contribution is -2.43. The Bertz CT molecular complexity index is 430. The van der Waals surface area contributed by atoms with Gasteiger partial charge >= 0.3 is 0 Å². The number of nitrogens with one attached hydrogen (secondary N) is 2. The van der Waals surface area contributed by atoms with Crippen LogP contribution in [0.15, 0.2) is 24.3 Å². The van der Waals surface area contributed by atoms with Gasteiger partial charge in [0, 0.05) is 24.2 Å². The quantitative estimate of drug-likeness (QED) is 0.871. The maximum Gasteiger partial charge on any atom is 0.222 e. The number of rotatable bonds is 5. The van der Waals surface area contributed by atoms with Crippen molar-refractivity contribution < 1.29 is 9.53 Å². The van der Waals surface area contributed by atoms with Crippen LogP contribution in [0.2, 0.25) is 5.02 Å². The van der Waals surface area contributed by atoms with Crippen LogP contribution in [0.4, 0.5) is 0 Å². The molecule has 1 aliphatic heterocycles. The number of ether oxygens (including phenoxy) is 1. The van der Waals surface area contributed by atoms with Crippen LogP contribution in [0.25, 0.3) is 0 Å². The molecule has 2 atom stereocenters. The maximum atomic E-state index is 11.9. The molecule has 110 valence electrons. The van der Waals surface area contributed by atoms with E-state index in [0.717, 1.165) is 30.1 Å². The summed E-state index contributed by atoms with van der Waals surface area (Å²) in [7, 11) is 0. The van der Waals surface area contributed by atoms with E-state index in [1.165, 1.54) is 0 Å². The molecule has 1 amide bonds. The zero-order chi connectivity index (χ0) is 14.4. The Balaban J connectivity index is 1.74. The van der Waals surface area contributed by atoms with Crippen molar-refractivity contribution in [3.63, 3.8) is 0 Å². The summed E-state index contributed by atoms with van der Waals surface area (Å²) in [5, 5.41) is 6.96. The Morgan fingerprint density at radius 3 is 2.90 bits per heavy atom. The Kier molecular flexibility index (Phi) is 5.83. The van der Waals surface area contributed by atoms with Crippen LogP contribution in [0, 0.1) is 0 Å². The van der Waals surface area contributed by atoms with Gasteiger partial charge in [-0.2, -0.15) is 0 Å². The van der Waals surface area contributed by atoms with Crippen molar-refractivity contribution in [3.8, 4) is 0 Å². The fourth-order valence-corrected chi connectivity index (χ4v) is 2.44. The highest BCUT2D eigenvalue weighted by atomic mass is 35.5. The lowest BCUT2D eigenvalue weighted by atomic mass is 10.1. The van der Waals surface area contributed by atoms with Crippen molar-refractivity contribution in [2.45, 2.75) is 31.9 Å². The Labute approximate surface area is 124 Å². The number of amides is 1. The van der Waals surface area contributed by atoms with E-state index in [4.69, 9.17) is 16.3 Å². The van der Waals surface area contributed by atoms with Gasteiger partial charge in [-0.1, -0.05) is 23.7 Å². The van der Waals surface area contributed by atoms with Gasteiger partial charge in [-0.05, 0) is 31.0 Å². The second-order valence-electron chi connectivity index (χ2n) is 5.20. The molecule has 1 fully saturated rings. The van der Waals surface area contributed by atoms with E-state index in [1.807, 2.05) is 31.2 Å². The van der Waals surface area contributed by atoms with Gasteiger partial charge in [0.1, 0.15) is 0 Å². The molecule has 1 saturated heterocycles. The first kappa shape index (κ1) is 15.3. The van der Waals surface area contributed by atoms with Crippen LogP contribution >= 0.6 is 11.6 Å². The van der Waals surface area contributed by atoms with Gasteiger partial charge in [-0.15, -0.1) is 0 Å². The van der Waals surface area contributed by atoms with Crippen molar-refractivity contribution in [1.29, 1.82) is 0 Å². The predicted molar refractivity (Wildman–Crippen MR) is 80.0 cm³/mol. The lowest BCUT2D eigenvalue weighted by Gasteiger charge is -2.24. The monoisotopic (exact) mass is 296 g/mol. The van der Waals surface area contributed by atoms with Crippen molar-refractivity contribution in [2.24, 2.45) is 0 Å². The summed E-state index contributed by atoms with van der Waals surface area (Å²) in [5.74, 6) is 0.0418. The number of carbonyl (C=O) groups excluding carboxylic acids is 1. The van der Waals surface area contributed by atoms with E-state index >= 15 is 0 Å². The molecule has 5 heteroatoms. The Morgan fingerprint density at radius 2 is 2.25 bits per heavy atom. The lowest BCUT2D eigenvalue weighted by molar-refractivity contribution is -0.125. The molecule has 20 heavy (non-hydrogen) atoms. The minimum atomic E-state index is -0.00789. The Hall–Kier alpha value is -1.10. The minimum Gasteiger partial charge on any atom is -0.375 e. The third-order valence-electron chi connectivity index (χ3n) is 3.28. The molecule has 1 aromatic rings. The first-order valence-corrected chi connectivity index (χ1v) is 7.37. The number of morpholine rings is 1. The van der Waals surface area contributed by atoms with E-state index in [9.17, 15) is 4.79 Å². The average molecular weight is 297 g/mol. The molecular formula is C15H21ClN2O2. The standard InChI is InChI=1S/C15H21ClN2O2/c1-11(8-12-2-4-13(16)5-3-12)18-15(19)9-14-10-17-6-7-20-14/h2-5,11,14,17H,6-10H2,1H3,(H,18,19). The molecule has 0 spiro atoms. The third-order valence-corrected chi connectivity index (χ3v) is 3.53. The van der Waals surface area contributed by atoms with E-state index < -0.39 is 0 Å². The molecule has 1 aliphatic rings. The molecule has 0 aromatic heterocycles. The number of benzene rings is 1. The van der Waals surface area contributed by atoms with Crippen molar-refractivity contribution >= 4 is 17.5 Å². The third kappa shape index (κ3) is 5.12. The van der Waals surface area contributed by atoms with Crippen LogP contribution < -0.4 is 10.6 Å². The number of halogens is 1. The van der Waals surface area contributed by atoms with Crippen LogP contribution in [0.1, 0.15) is 18.9 Å². The first-order chi connectivity index (χ1) is 9.63. The topological polar surface area (TPSA) is 50.4 Å². The summed E-state index contributed by atoms with van der Waals surface area (Å²) in [5.41, 5.74) is 1.16. The van der Waals surface area contributed by atoms with Gasteiger partial charge in [0.15, 0.2) is 0 Å². The number of carbonyl (C=O) groups is 1. The second kappa shape index (κ2) is 7.62. The predicted octanol–water partition coefficient (Wildman–Crippen LogP) is 1.77. The molecule has 1 aromatic carbocycles. The highest BCUT2D eigenvalue weighted by Crippen LogP contribution is 2.11. The minimum absolute atomic E-state index is 0.00789. The first-order valence-electron chi connectivity index (χ1n) is 6.99. The average Bonchev–Trinajstić information content (AvgIpc) is 2.42. The Morgan fingerprint density at radius 1 is 1.50 bits per heavy atom. The summed E-state index contributed by atoms with van der Waals surface area (Å²) in [6, 6.07) is 7.80.